The molecule has 1 aromatic rings. The molecule has 2 aliphatic rings. The number of anilines is 1. The van der Waals surface area contributed by atoms with Crippen molar-refractivity contribution in [3.05, 3.63) is 29.8 Å². The topological polar surface area (TPSA) is 64.6 Å². The predicted octanol–water partition coefficient (Wildman–Crippen LogP) is 4.07. The maximum Gasteiger partial charge on any atom is 0.338 e. The van der Waals surface area contributed by atoms with Gasteiger partial charge in [0.2, 0.25) is 0 Å². The van der Waals surface area contributed by atoms with Crippen molar-refractivity contribution >= 4 is 17.6 Å². The van der Waals surface area contributed by atoms with E-state index in [1.165, 1.54) is 19.3 Å². The second-order valence-electron chi connectivity index (χ2n) is 6.94. The van der Waals surface area contributed by atoms with Gasteiger partial charge in [-0.25, -0.2) is 4.79 Å². The summed E-state index contributed by atoms with van der Waals surface area (Å²) in [4.78, 5) is 24.6. The third kappa shape index (κ3) is 5.30. The van der Waals surface area contributed by atoms with Crippen LogP contribution < -0.4 is 5.32 Å². The highest BCUT2D eigenvalue weighted by Gasteiger charge is 2.24. The van der Waals surface area contributed by atoms with Crippen LogP contribution in [0.4, 0.5) is 5.69 Å². The Morgan fingerprint density at radius 1 is 1.00 bits per heavy atom. The smallest absolute Gasteiger partial charge is 0.338 e. The maximum absolute atomic E-state index is 12.4. The molecular formula is C20H27NO4. The van der Waals surface area contributed by atoms with Gasteiger partial charge in [-0.05, 0) is 56.7 Å². The summed E-state index contributed by atoms with van der Waals surface area (Å²) in [5.74, 6) is -0.457. The van der Waals surface area contributed by atoms with Gasteiger partial charge in [0, 0.05) is 12.3 Å². The molecule has 5 heteroatoms. The molecule has 3 rings (SSSR count). The molecule has 1 aliphatic carbocycles. The van der Waals surface area contributed by atoms with E-state index in [1.807, 2.05) is 0 Å². The number of amides is 1. The van der Waals surface area contributed by atoms with Gasteiger partial charge < -0.3 is 14.8 Å². The highest BCUT2D eigenvalue weighted by molar-refractivity contribution is 5.96. The number of carbonyl (C=O) groups is 2. The Balaban J connectivity index is 1.57. The zero-order valence-corrected chi connectivity index (χ0v) is 14.7. The summed E-state index contributed by atoms with van der Waals surface area (Å²) in [6.45, 7) is 0.631. The van der Waals surface area contributed by atoms with Crippen LogP contribution in [0.15, 0.2) is 24.3 Å². The van der Waals surface area contributed by atoms with E-state index in [1.54, 1.807) is 24.3 Å². The molecule has 1 atom stereocenters. The molecule has 0 bridgehead atoms. The molecule has 0 aromatic heterocycles. The minimum absolute atomic E-state index is 0.0120. The van der Waals surface area contributed by atoms with Crippen LogP contribution in [0.3, 0.4) is 0 Å². The predicted molar refractivity (Wildman–Crippen MR) is 95.6 cm³/mol. The quantitative estimate of drug-likeness (QED) is 0.835. The first-order valence-corrected chi connectivity index (χ1v) is 9.46. The molecule has 1 saturated heterocycles. The van der Waals surface area contributed by atoms with Gasteiger partial charge in [0.15, 0.2) is 0 Å². The van der Waals surface area contributed by atoms with E-state index < -0.39 is 0 Å². The summed E-state index contributed by atoms with van der Waals surface area (Å²) >= 11 is 0. The second kappa shape index (κ2) is 8.99. The molecular weight excluding hydrogens is 318 g/mol. The van der Waals surface area contributed by atoms with Crippen LogP contribution >= 0.6 is 0 Å². The summed E-state index contributed by atoms with van der Waals surface area (Å²) in [6, 6.07) is 6.95. The average molecular weight is 345 g/mol. The van der Waals surface area contributed by atoms with Crippen LogP contribution in [0.2, 0.25) is 0 Å². The number of benzene rings is 1. The van der Waals surface area contributed by atoms with Crippen molar-refractivity contribution in [1.29, 1.82) is 0 Å². The first-order valence-electron chi connectivity index (χ1n) is 9.46. The zero-order valence-electron chi connectivity index (χ0n) is 14.7. The number of esters is 1. The Morgan fingerprint density at radius 3 is 2.48 bits per heavy atom. The van der Waals surface area contributed by atoms with Crippen LogP contribution in [0, 0.1) is 0 Å². The van der Waals surface area contributed by atoms with Gasteiger partial charge in [0.05, 0.1) is 5.56 Å². The van der Waals surface area contributed by atoms with Gasteiger partial charge in [-0.15, -0.1) is 0 Å². The SMILES string of the molecule is O=C(OC1CCCCCCC1)c1cccc(NC(=O)[C@@H]2CCCO2)c1. The summed E-state index contributed by atoms with van der Waals surface area (Å²) in [5, 5.41) is 2.83. The molecule has 1 heterocycles. The van der Waals surface area contributed by atoms with Gasteiger partial charge in [0.1, 0.15) is 12.2 Å². The third-order valence-corrected chi connectivity index (χ3v) is 4.91. The number of hydrogen-bond donors (Lipinski definition) is 1. The first-order chi connectivity index (χ1) is 12.2. The summed E-state index contributed by atoms with van der Waals surface area (Å²) < 4.78 is 11.1. The first kappa shape index (κ1) is 17.9. The highest BCUT2D eigenvalue weighted by atomic mass is 16.5. The van der Waals surface area contributed by atoms with Crippen LogP contribution in [-0.4, -0.2) is 30.7 Å². The molecule has 0 unspecified atom stereocenters. The van der Waals surface area contributed by atoms with Gasteiger partial charge >= 0.3 is 5.97 Å². The van der Waals surface area contributed by atoms with Crippen molar-refractivity contribution in [3.63, 3.8) is 0 Å². The van der Waals surface area contributed by atoms with Crippen LogP contribution in [0.5, 0.6) is 0 Å². The summed E-state index contributed by atoms with van der Waals surface area (Å²) in [7, 11) is 0. The lowest BCUT2D eigenvalue weighted by Crippen LogP contribution is -2.27. The van der Waals surface area contributed by atoms with Gasteiger partial charge in [-0.3, -0.25) is 4.79 Å². The average Bonchev–Trinajstić information content (AvgIpc) is 3.12. The van der Waals surface area contributed by atoms with Crippen molar-refractivity contribution in [2.45, 2.75) is 70.0 Å². The standard InChI is InChI=1S/C20H27NO4/c22-19(18-12-7-13-24-18)21-16-9-6-8-15(14-16)20(23)25-17-10-4-2-1-3-5-11-17/h6,8-9,14,17-18H,1-5,7,10-13H2,(H,21,22)/t18-/m0/s1. The fourth-order valence-electron chi connectivity index (χ4n) is 3.49. The van der Waals surface area contributed by atoms with Gasteiger partial charge in [-0.2, -0.15) is 0 Å². The normalized spacial score (nSPS) is 22.0. The number of carbonyl (C=O) groups excluding carboxylic acids is 2. The Hall–Kier alpha value is -1.88. The number of ether oxygens (including phenoxy) is 2. The lowest BCUT2D eigenvalue weighted by molar-refractivity contribution is -0.124. The molecule has 1 amide bonds. The minimum atomic E-state index is -0.384. The molecule has 136 valence electrons. The molecule has 0 spiro atoms. The summed E-state index contributed by atoms with van der Waals surface area (Å²) in [5.41, 5.74) is 1.08. The number of nitrogens with one attached hydrogen (secondary N) is 1. The van der Waals surface area contributed by atoms with Gasteiger partial charge in [-0.1, -0.05) is 25.3 Å². The molecule has 1 saturated carbocycles. The Morgan fingerprint density at radius 2 is 1.76 bits per heavy atom. The van der Waals surface area contributed by atoms with E-state index in [2.05, 4.69) is 5.32 Å². The Labute approximate surface area is 149 Å². The van der Waals surface area contributed by atoms with E-state index in [4.69, 9.17) is 9.47 Å². The Kier molecular flexibility index (Phi) is 6.45. The maximum atomic E-state index is 12.4. The molecule has 5 nitrogen and oxygen atoms in total. The number of hydrogen-bond acceptors (Lipinski definition) is 4. The van der Waals surface area contributed by atoms with Crippen molar-refractivity contribution < 1.29 is 19.1 Å². The molecule has 1 aliphatic heterocycles. The third-order valence-electron chi connectivity index (χ3n) is 4.91. The fourth-order valence-corrected chi connectivity index (χ4v) is 3.49. The second-order valence-corrected chi connectivity index (χ2v) is 6.94. The summed E-state index contributed by atoms with van der Waals surface area (Å²) in [6.07, 6.45) is 9.14. The van der Waals surface area contributed by atoms with Crippen molar-refractivity contribution in [3.8, 4) is 0 Å². The van der Waals surface area contributed by atoms with E-state index >= 15 is 0 Å². The lowest BCUT2D eigenvalue weighted by atomic mass is 9.98. The van der Waals surface area contributed by atoms with Crippen LogP contribution in [-0.2, 0) is 14.3 Å². The van der Waals surface area contributed by atoms with E-state index in [0.717, 1.165) is 38.5 Å². The van der Waals surface area contributed by atoms with Crippen molar-refractivity contribution in [2.75, 3.05) is 11.9 Å². The fraction of sp³-hybridized carbons (Fsp3) is 0.600. The molecule has 0 radical (unpaired) electrons. The van der Waals surface area contributed by atoms with Crippen LogP contribution in [0.1, 0.15) is 68.1 Å². The van der Waals surface area contributed by atoms with Crippen molar-refractivity contribution in [1.82, 2.24) is 0 Å². The van der Waals surface area contributed by atoms with E-state index in [-0.39, 0.29) is 24.1 Å². The molecule has 2 fully saturated rings. The minimum Gasteiger partial charge on any atom is -0.459 e. The Bertz CT molecular complexity index is 587. The highest BCUT2D eigenvalue weighted by Crippen LogP contribution is 2.22. The monoisotopic (exact) mass is 345 g/mol. The van der Waals surface area contributed by atoms with Gasteiger partial charge in [0.25, 0.3) is 5.91 Å². The van der Waals surface area contributed by atoms with Crippen LogP contribution in [0.25, 0.3) is 0 Å². The zero-order chi connectivity index (χ0) is 17.5. The lowest BCUT2D eigenvalue weighted by Gasteiger charge is -2.20. The number of rotatable bonds is 4. The molecule has 25 heavy (non-hydrogen) atoms. The van der Waals surface area contributed by atoms with Crippen molar-refractivity contribution in [2.24, 2.45) is 0 Å². The van der Waals surface area contributed by atoms with E-state index in [0.29, 0.717) is 17.9 Å². The largest absolute Gasteiger partial charge is 0.459 e. The molecule has 1 aromatic carbocycles. The molecule has 1 N–H and O–H groups in total. The van der Waals surface area contributed by atoms with E-state index in [9.17, 15) is 9.59 Å².